The van der Waals surface area contributed by atoms with Crippen molar-refractivity contribution in [1.82, 2.24) is 29.5 Å². The zero-order valence-corrected chi connectivity index (χ0v) is 18.2. The van der Waals surface area contributed by atoms with E-state index in [0.717, 1.165) is 27.8 Å². The van der Waals surface area contributed by atoms with Gasteiger partial charge in [0.15, 0.2) is 11.4 Å². The zero-order chi connectivity index (χ0) is 23.8. The molecule has 0 radical (unpaired) electrons. The molecular weight excluding hydrogens is 447 g/mol. The van der Waals surface area contributed by atoms with E-state index in [-0.39, 0.29) is 18.1 Å². The number of nitrogens with zero attached hydrogens (tertiary/aromatic N) is 6. The van der Waals surface area contributed by atoms with E-state index in [1.165, 1.54) is 21.3 Å². The molecule has 0 spiro atoms. The SMILES string of the molecule is O=c1n(Cc2ccc(-c3ccno3)cc2)nc2c(-c3ccncc3)c(-c3ccc(F)cc3)cnn12. The first kappa shape index (κ1) is 20.7. The van der Waals surface area contributed by atoms with Crippen molar-refractivity contribution < 1.29 is 8.91 Å². The zero-order valence-electron chi connectivity index (χ0n) is 18.2. The third kappa shape index (κ3) is 3.78. The molecule has 0 bridgehead atoms. The number of rotatable bonds is 5. The smallest absolute Gasteiger partial charge is 0.356 e. The predicted molar refractivity (Wildman–Crippen MR) is 127 cm³/mol. The van der Waals surface area contributed by atoms with Crippen LogP contribution in [0.1, 0.15) is 5.56 Å². The Morgan fingerprint density at radius 1 is 0.829 bits per heavy atom. The fourth-order valence-corrected chi connectivity index (χ4v) is 4.03. The van der Waals surface area contributed by atoms with E-state index >= 15 is 0 Å². The molecule has 0 aliphatic carbocycles. The Morgan fingerprint density at radius 2 is 1.57 bits per heavy atom. The Hall–Kier alpha value is -4.92. The lowest BCUT2D eigenvalue weighted by Crippen LogP contribution is -2.22. The van der Waals surface area contributed by atoms with E-state index in [0.29, 0.717) is 17.0 Å². The van der Waals surface area contributed by atoms with E-state index in [9.17, 15) is 9.18 Å². The van der Waals surface area contributed by atoms with E-state index in [4.69, 9.17) is 4.52 Å². The Labute approximate surface area is 197 Å². The van der Waals surface area contributed by atoms with E-state index in [1.807, 2.05) is 36.4 Å². The maximum Gasteiger partial charge on any atom is 0.367 e. The van der Waals surface area contributed by atoms with Crippen molar-refractivity contribution in [2.75, 3.05) is 0 Å². The summed E-state index contributed by atoms with van der Waals surface area (Å²) in [6, 6.07) is 19.2. The highest BCUT2D eigenvalue weighted by Gasteiger charge is 2.19. The molecule has 0 saturated heterocycles. The van der Waals surface area contributed by atoms with Gasteiger partial charge in [0.1, 0.15) is 5.82 Å². The van der Waals surface area contributed by atoms with Gasteiger partial charge >= 0.3 is 5.69 Å². The molecule has 0 aliphatic heterocycles. The highest BCUT2D eigenvalue weighted by Crippen LogP contribution is 2.33. The van der Waals surface area contributed by atoms with Gasteiger partial charge in [0.05, 0.1) is 18.9 Å². The summed E-state index contributed by atoms with van der Waals surface area (Å²) >= 11 is 0. The molecule has 8 nitrogen and oxygen atoms in total. The van der Waals surface area contributed by atoms with Gasteiger partial charge in [0.25, 0.3) is 0 Å². The highest BCUT2D eigenvalue weighted by molar-refractivity contribution is 5.90. The summed E-state index contributed by atoms with van der Waals surface area (Å²) in [5.41, 5.74) is 4.85. The minimum atomic E-state index is -0.361. The van der Waals surface area contributed by atoms with Crippen LogP contribution < -0.4 is 5.69 Å². The van der Waals surface area contributed by atoms with Crippen LogP contribution >= 0.6 is 0 Å². The van der Waals surface area contributed by atoms with Gasteiger partial charge in [-0.1, -0.05) is 41.6 Å². The summed E-state index contributed by atoms with van der Waals surface area (Å²) in [7, 11) is 0. The average molecular weight is 464 g/mol. The molecule has 0 unspecified atom stereocenters. The van der Waals surface area contributed by atoms with Crippen LogP contribution in [0.5, 0.6) is 0 Å². The number of benzene rings is 2. The molecule has 0 N–H and O–H groups in total. The Balaban J connectivity index is 1.46. The molecule has 6 rings (SSSR count). The summed E-state index contributed by atoms with van der Waals surface area (Å²) in [4.78, 5) is 17.3. The maximum absolute atomic E-state index is 13.6. The summed E-state index contributed by atoms with van der Waals surface area (Å²) < 4.78 is 21.4. The maximum atomic E-state index is 13.6. The molecule has 170 valence electrons. The third-order valence-electron chi connectivity index (χ3n) is 5.75. The monoisotopic (exact) mass is 464 g/mol. The van der Waals surface area contributed by atoms with Gasteiger partial charge in [-0.2, -0.15) is 9.61 Å². The van der Waals surface area contributed by atoms with Crippen molar-refractivity contribution in [2.24, 2.45) is 0 Å². The van der Waals surface area contributed by atoms with Crippen LogP contribution in [0.4, 0.5) is 4.39 Å². The van der Waals surface area contributed by atoms with E-state index < -0.39 is 0 Å². The fourth-order valence-electron chi connectivity index (χ4n) is 4.03. The van der Waals surface area contributed by atoms with Gasteiger partial charge < -0.3 is 4.52 Å². The highest BCUT2D eigenvalue weighted by atomic mass is 19.1. The number of fused-ring (bicyclic) bond motifs is 1. The molecule has 35 heavy (non-hydrogen) atoms. The van der Waals surface area contributed by atoms with Crippen molar-refractivity contribution in [3.05, 3.63) is 113 Å². The number of hydrogen-bond donors (Lipinski definition) is 0. The average Bonchev–Trinajstić information content (AvgIpc) is 3.54. The Morgan fingerprint density at radius 3 is 2.29 bits per heavy atom. The summed E-state index contributed by atoms with van der Waals surface area (Å²) in [6.45, 7) is 0.264. The fraction of sp³-hybridized carbons (Fsp3) is 0.0385. The summed E-state index contributed by atoms with van der Waals surface area (Å²) in [5, 5.41) is 12.7. The number of pyridine rings is 1. The predicted octanol–water partition coefficient (Wildman–Crippen LogP) is 4.46. The van der Waals surface area contributed by atoms with Crippen LogP contribution in [-0.4, -0.2) is 29.5 Å². The van der Waals surface area contributed by atoms with Crippen LogP contribution in [0.2, 0.25) is 0 Å². The largest absolute Gasteiger partial charge is 0.367 e. The van der Waals surface area contributed by atoms with E-state index in [2.05, 4.69) is 20.3 Å². The van der Waals surface area contributed by atoms with Crippen molar-refractivity contribution >= 4 is 5.65 Å². The standard InChI is InChI=1S/C26H17FN6O2/c27-21-7-5-18(6-8-21)22-15-29-33-25(24(22)20-9-12-28-13-10-20)31-32(26(33)34)16-17-1-3-19(4-2-17)23-11-14-30-35-23/h1-15H,16H2. The van der Waals surface area contributed by atoms with Crippen molar-refractivity contribution in [2.45, 2.75) is 6.54 Å². The van der Waals surface area contributed by atoms with E-state index in [1.54, 1.807) is 43.0 Å². The normalized spacial score (nSPS) is 11.2. The van der Waals surface area contributed by atoms with Crippen LogP contribution in [0.3, 0.4) is 0 Å². The molecule has 0 aliphatic rings. The molecular formula is C26H17FN6O2. The van der Waals surface area contributed by atoms with Crippen LogP contribution in [0.15, 0.2) is 101 Å². The molecule has 0 fully saturated rings. The van der Waals surface area contributed by atoms with Crippen LogP contribution in [0.25, 0.3) is 39.2 Å². The quantitative estimate of drug-likeness (QED) is 0.374. The number of aromatic nitrogens is 6. The van der Waals surface area contributed by atoms with Gasteiger partial charge in [0, 0.05) is 35.2 Å². The molecule has 9 heteroatoms. The van der Waals surface area contributed by atoms with Gasteiger partial charge in [-0.3, -0.25) is 4.98 Å². The van der Waals surface area contributed by atoms with Crippen LogP contribution in [0, 0.1) is 5.82 Å². The minimum Gasteiger partial charge on any atom is -0.356 e. The Bertz CT molecular complexity index is 1670. The van der Waals surface area contributed by atoms with Gasteiger partial charge in [-0.15, -0.1) is 5.10 Å². The molecule has 4 heterocycles. The summed E-state index contributed by atoms with van der Waals surface area (Å²) in [5.74, 6) is 0.337. The molecule has 0 saturated carbocycles. The molecule has 2 aromatic carbocycles. The second-order valence-electron chi connectivity index (χ2n) is 7.93. The topological polar surface area (TPSA) is 91.1 Å². The molecule has 6 aromatic rings. The molecule has 4 aromatic heterocycles. The first-order chi connectivity index (χ1) is 17.2. The third-order valence-corrected chi connectivity index (χ3v) is 5.75. The lowest BCUT2D eigenvalue weighted by molar-refractivity contribution is 0.432. The number of hydrogen-bond acceptors (Lipinski definition) is 6. The second kappa shape index (κ2) is 8.45. The first-order valence-electron chi connectivity index (χ1n) is 10.8. The summed E-state index contributed by atoms with van der Waals surface area (Å²) in [6.07, 6.45) is 6.54. The van der Waals surface area contributed by atoms with Gasteiger partial charge in [0.2, 0.25) is 0 Å². The van der Waals surface area contributed by atoms with Crippen LogP contribution in [-0.2, 0) is 6.54 Å². The minimum absolute atomic E-state index is 0.264. The first-order valence-corrected chi connectivity index (χ1v) is 10.8. The Kier molecular flexibility index (Phi) is 4.99. The second-order valence-corrected chi connectivity index (χ2v) is 7.93. The number of halogens is 1. The van der Waals surface area contributed by atoms with Crippen molar-refractivity contribution in [1.29, 1.82) is 0 Å². The molecule has 0 amide bonds. The van der Waals surface area contributed by atoms with Crippen molar-refractivity contribution in [3.63, 3.8) is 0 Å². The van der Waals surface area contributed by atoms with Gasteiger partial charge in [-0.05, 0) is 41.0 Å². The van der Waals surface area contributed by atoms with Crippen molar-refractivity contribution in [3.8, 4) is 33.6 Å². The molecule has 0 atom stereocenters. The lowest BCUT2D eigenvalue weighted by Gasteiger charge is -2.10. The van der Waals surface area contributed by atoms with Gasteiger partial charge in [-0.25, -0.2) is 13.9 Å². The lowest BCUT2D eigenvalue weighted by atomic mass is 9.98.